The van der Waals surface area contributed by atoms with Crippen molar-refractivity contribution in [3.8, 4) is 0 Å². The fourth-order valence-electron chi connectivity index (χ4n) is 3.91. The Bertz CT molecular complexity index is 1220. The Morgan fingerprint density at radius 3 is 1.83 bits per heavy atom. The summed E-state index contributed by atoms with van der Waals surface area (Å²) in [4.78, 5) is 8.12. The lowest BCUT2D eigenvalue weighted by Crippen LogP contribution is -2.22. The Kier molecular flexibility index (Phi) is 7.28. The van der Waals surface area contributed by atoms with Crippen molar-refractivity contribution in [2.45, 2.75) is 64.7 Å². The van der Waals surface area contributed by atoms with Gasteiger partial charge in [0.2, 0.25) is 7.28 Å². The van der Waals surface area contributed by atoms with E-state index in [1.54, 1.807) is 0 Å². The molecule has 9 heteroatoms. The number of imidazole rings is 1. The van der Waals surface area contributed by atoms with Crippen LogP contribution in [0.1, 0.15) is 75.2 Å². The van der Waals surface area contributed by atoms with E-state index in [9.17, 15) is 26.3 Å². The van der Waals surface area contributed by atoms with Crippen molar-refractivity contribution in [2.75, 3.05) is 0 Å². The van der Waals surface area contributed by atoms with E-state index < -0.39 is 23.5 Å². The molecule has 0 radical (unpaired) electrons. The fourth-order valence-corrected chi connectivity index (χ4v) is 3.91. The third kappa shape index (κ3) is 6.62. The molecule has 0 aliphatic heterocycles. The molecule has 1 aromatic heterocycles. The molecular formula is C27H29BF6N2. The molecule has 0 amide bonds. The number of aromatic amines is 1. The van der Waals surface area contributed by atoms with Gasteiger partial charge in [0.1, 0.15) is 0 Å². The SMILES string of the molecule is CC(C)(C)c1nc(BC(=Cc2cccc(C(F)(F)F)c2)c2cccc(C(F)(F)F)c2)[nH]c1C(C)(C)C. The van der Waals surface area contributed by atoms with E-state index in [2.05, 4.69) is 4.98 Å². The number of halogens is 6. The Balaban J connectivity index is 2.17. The van der Waals surface area contributed by atoms with Gasteiger partial charge in [0.15, 0.2) is 0 Å². The third-order valence-corrected chi connectivity index (χ3v) is 5.69. The van der Waals surface area contributed by atoms with E-state index in [4.69, 9.17) is 4.98 Å². The summed E-state index contributed by atoms with van der Waals surface area (Å²) in [5.74, 6) is 0. The molecule has 3 rings (SSSR count). The first-order chi connectivity index (χ1) is 16.4. The Labute approximate surface area is 208 Å². The topological polar surface area (TPSA) is 28.7 Å². The third-order valence-electron chi connectivity index (χ3n) is 5.69. The zero-order chi connectivity index (χ0) is 27.1. The fraction of sp³-hybridized carbons (Fsp3) is 0.370. The molecule has 2 nitrogen and oxygen atoms in total. The van der Waals surface area contributed by atoms with Gasteiger partial charge in [-0.05, 0) is 35.4 Å². The molecule has 0 unspecified atom stereocenters. The highest BCUT2D eigenvalue weighted by Crippen LogP contribution is 2.34. The van der Waals surface area contributed by atoms with Gasteiger partial charge < -0.3 is 4.98 Å². The second kappa shape index (κ2) is 9.49. The van der Waals surface area contributed by atoms with Gasteiger partial charge >= 0.3 is 12.4 Å². The van der Waals surface area contributed by atoms with Gasteiger partial charge in [-0.1, -0.05) is 77.4 Å². The molecule has 1 heterocycles. The van der Waals surface area contributed by atoms with Crippen molar-refractivity contribution < 1.29 is 26.3 Å². The van der Waals surface area contributed by atoms with E-state index in [0.717, 1.165) is 35.7 Å². The van der Waals surface area contributed by atoms with Crippen molar-refractivity contribution in [3.05, 3.63) is 82.2 Å². The largest absolute Gasteiger partial charge is 0.416 e. The summed E-state index contributed by atoms with van der Waals surface area (Å²) in [5.41, 5.74) is 0.954. The van der Waals surface area contributed by atoms with Crippen LogP contribution in [0.3, 0.4) is 0 Å². The molecular weight excluding hydrogens is 477 g/mol. The quantitative estimate of drug-likeness (QED) is 0.225. The summed E-state index contributed by atoms with van der Waals surface area (Å²) in [5, 5.41) is 0. The van der Waals surface area contributed by atoms with Crippen LogP contribution >= 0.6 is 0 Å². The summed E-state index contributed by atoms with van der Waals surface area (Å²) in [6.07, 6.45) is -7.61. The molecule has 0 saturated heterocycles. The van der Waals surface area contributed by atoms with Gasteiger partial charge in [0.05, 0.1) is 22.5 Å². The minimum absolute atomic E-state index is 0.108. The van der Waals surface area contributed by atoms with E-state index in [0.29, 0.717) is 11.2 Å². The average molecular weight is 506 g/mol. The van der Waals surface area contributed by atoms with Crippen LogP contribution in [0, 0.1) is 0 Å². The summed E-state index contributed by atoms with van der Waals surface area (Å²) in [6, 6.07) is 9.50. The second-order valence-corrected chi connectivity index (χ2v) is 11.0. The van der Waals surface area contributed by atoms with Gasteiger partial charge in [-0.15, -0.1) is 0 Å². The molecule has 0 saturated carbocycles. The van der Waals surface area contributed by atoms with Crippen molar-refractivity contribution >= 4 is 24.6 Å². The molecule has 0 atom stereocenters. The molecule has 36 heavy (non-hydrogen) atoms. The lowest BCUT2D eigenvalue weighted by molar-refractivity contribution is -0.138. The zero-order valence-corrected chi connectivity index (χ0v) is 21.1. The molecule has 0 spiro atoms. The first-order valence-electron chi connectivity index (χ1n) is 11.5. The molecule has 192 valence electrons. The van der Waals surface area contributed by atoms with Gasteiger partial charge in [-0.25, -0.2) is 4.98 Å². The number of alkyl halides is 6. The molecule has 0 fully saturated rings. The highest BCUT2D eigenvalue weighted by atomic mass is 19.4. The normalized spacial score (nSPS) is 13.7. The predicted molar refractivity (Wildman–Crippen MR) is 134 cm³/mol. The van der Waals surface area contributed by atoms with E-state index >= 15 is 0 Å². The Morgan fingerprint density at radius 2 is 1.33 bits per heavy atom. The van der Waals surface area contributed by atoms with E-state index in [1.165, 1.54) is 30.3 Å². The predicted octanol–water partition coefficient (Wildman–Crippen LogP) is 7.30. The number of nitrogens with zero attached hydrogens (tertiary/aromatic N) is 1. The number of aromatic nitrogens is 2. The molecule has 2 aromatic carbocycles. The molecule has 1 N–H and O–H groups in total. The lowest BCUT2D eigenvalue weighted by atomic mass is 9.65. The summed E-state index contributed by atoms with van der Waals surface area (Å²) in [6.45, 7) is 12.2. The molecule has 0 bridgehead atoms. The van der Waals surface area contributed by atoms with Crippen LogP contribution in [0.5, 0.6) is 0 Å². The first kappa shape index (κ1) is 27.6. The van der Waals surface area contributed by atoms with Gasteiger partial charge in [0.25, 0.3) is 0 Å². The van der Waals surface area contributed by atoms with Gasteiger partial charge in [-0.2, -0.15) is 26.3 Å². The molecule has 0 aliphatic carbocycles. The van der Waals surface area contributed by atoms with Gasteiger partial charge in [-0.3, -0.25) is 0 Å². The highest BCUT2D eigenvalue weighted by Gasteiger charge is 2.32. The minimum atomic E-state index is -4.55. The number of rotatable bonds is 4. The Hall–Kier alpha value is -2.97. The number of nitrogens with one attached hydrogen (secondary N) is 1. The lowest BCUT2D eigenvalue weighted by Gasteiger charge is -2.24. The van der Waals surface area contributed by atoms with Crippen molar-refractivity contribution in [1.82, 2.24) is 9.97 Å². The van der Waals surface area contributed by atoms with Crippen LogP contribution in [0.4, 0.5) is 26.3 Å². The maximum Gasteiger partial charge on any atom is 0.416 e. The summed E-state index contributed by atoms with van der Waals surface area (Å²) in [7, 11) is 0.108. The highest BCUT2D eigenvalue weighted by molar-refractivity contribution is 6.73. The first-order valence-corrected chi connectivity index (χ1v) is 11.5. The maximum absolute atomic E-state index is 13.4. The smallest absolute Gasteiger partial charge is 0.353 e. The number of hydrogen-bond donors (Lipinski definition) is 1. The van der Waals surface area contributed by atoms with Crippen LogP contribution in [-0.2, 0) is 23.2 Å². The van der Waals surface area contributed by atoms with Crippen molar-refractivity contribution in [3.63, 3.8) is 0 Å². The van der Waals surface area contributed by atoms with Gasteiger partial charge in [0, 0.05) is 16.5 Å². The van der Waals surface area contributed by atoms with Crippen LogP contribution in [0.15, 0.2) is 48.5 Å². The maximum atomic E-state index is 13.4. The number of hydrogen-bond acceptors (Lipinski definition) is 1. The average Bonchev–Trinajstić information content (AvgIpc) is 3.18. The molecule has 3 aromatic rings. The van der Waals surface area contributed by atoms with Crippen molar-refractivity contribution in [2.24, 2.45) is 0 Å². The van der Waals surface area contributed by atoms with E-state index in [-0.39, 0.29) is 29.2 Å². The molecule has 0 aliphatic rings. The van der Waals surface area contributed by atoms with Crippen LogP contribution in [0.2, 0.25) is 0 Å². The zero-order valence-electron chi connectivity index (χ0n) is 21.1. The number of benzene rings is 2. The summed E-state index contributed by atoms with van der Waals surface area (Å²) >= 11 is 0. The minimum Gasteiger partial charge on any atom is -0.353 e. The van der Waals surface area contributed by atoms with Crippen LogP contribution in [-0.4, -0.2) is 17.2 Å². The van der Waals surface area contributed by atoms with E-state index in [1.807, 2.05) is 41.5 Å². The monoisotopic (exact) mass is 506 g/mol. The van der Waals surface area contributed by atoms with Crippen LogP contribution in [0.25, 0.3) is 11.5 Å². The number of H-pyrrole nitrogens is 1. The Morgan fingerprint density at radius 1 is 0.778 bits per heavy atom. The van der Waals surface area contributed by atoms with Crippen LogP contribution < -0.4 is 5.72 Å². The van der Waals surface area contributed by atoms with Crippen molar-refractivity contribution in [1.29, 1.82) is 0 Å². The second-order valence-electron chi connectivity index (χ2n) is 11.0. The standard InChI is InChI=1S/C27H29BF6N2/c1-24(2,3)21-22(25(4,5)6)36-23(35-21)28-20(17-10-8-12-19(15-17)27(32,33)34)14-16-9-7-11-18(13-16)26(29,30)31/h7-15,28H,1-6H3,(H,35,36). The summed E-state index contributed by atoms with van der Waals surface area (Å²) < 4.78 is 80.1.